The Hall–Kier alpha value is -4.81. The minimum Gasteiger partial charge on any atom is -0.454 e. The van der Waals surface area contributed by atoms with E-state index in [2.05, 4.69) is 20.7 Å². The number of likely N-dealkylation sites (tertiary alicyclic amines) is 1. The van der Waals surface area contributed by atoms with Gasteiger partial charge in [0.05, 0.1) is 24.9 Å². The number of pyridine rings is 1. The van der Waals surface area contributed by atoms with Crippen LogP contribution < -0.4 is 20.9 Å². The second kappa shape index (κ2) is 11.1. The summed E-state index contributed by atoms with van der Waals surface area (Å²) >= 11 is 6.02. The van der Waals surface area contributed by atoms with Gasteiger partial charge in [0.25, 0.3) is 11.5 Å². The SMILES string of the molecule is Cc1cc(=O)n(-c2cccc(Cl)c2)nc1C(=O)Nc1ccc(Oc2ccnc(NC(=O)N3CC(O)C3)c2)c(F)c1. The highest BCUT2D eigenvalue weighted by Gasteiger charge is 2.29. The molecule has 3 N–H and O–H groups in total. The molecule has 1 fully saturated rings. The average molecular weight is 565 g/mol. The second-order valence-corrected chi connectivity index (χ2v) is 9.41. The number of halogens is 2. The number of urea groups is 1. The molecule has 1 aliphatic heterocycles. The maximum atomic E-state index is 14.9. The molecule has 3 amide bonds. The Balaban J connectivity index is 1.28. The molecule has 0 saturated carbocycles. The summed E-state index contributed by atoms with van der Waals surface area (Å²) in [5.41, 5.74) is 0.391. The van der Waals surface area contributed by atoms with Gasteiger partial charge in [0.1, 0.15) is 11.6 Å². The zero-order valence-electron chi connectivity index (χ0n) is 21.0. The first-order chi connectivity index (χ1) is 19.2. The van der Waals surface area contributed by atoms with Crippen LogP contribution in [0.2, 0.25) is 5.02 Å². The Morgan fingerprint density at radius 2 is 1.90 bits per heavy atom. The van der Waals surface area contributed by atoms with Crippen molar-refractivity contribution in [3.63, 3.8) is 0 Å². The molecule has 204 valence electrons. The molecule has 0 bridgehead atoms. The zero-order chi connectivity index (χ0) is 28.4. The first kappa shape index (κ1) is 26.8. The van der Waals surface area contributed by atoms with Crippen LogP contribution in [-0.2, 0) is 0 Å². The monoisotopic (exact) mass is 564 g/mol. The molecule has 11 nitrogen and oxygen atoms in total. The third-order valence-electron chi connectivity index (χ3n) is 5.92. The fourth-order valence-corrected chi connectivity index (χ4v) is 4.08. The lowest BCUT2D eigenvalue weighted by Gasteiger charge is -2.35. The fraction of sp³-hybridized carbons (Fsp3) is 0.148. The third kappa shape index (κ3) is 5.92. The van der Waals surface area contributed by atoms with Crippen LogP contribution in [0.25, 0.3) is 5.69 Å². The van der Waals surface area contributed by atoms with Gasteiger partial charge in [-0.1, -0.05) is 17.7 Å². The molecular weight excluding hydrogens is 543 g/mol. The fourth-order valence-electron chi connectivity index (χ4n) is 3.89. The van der Waals surface area contributed by atoms with Crippen LogP contribution in [0.15, 0.2) is 71.7 Å². The topological polar surface area (TPSA) is 139 Å². The molecule has 0 atom stereocenters. The van der Waals surface area contributed by atoms with Crippen molar-refractivity contribution in [1.29, 1.82) is 0 Å². The molecule has 4 aromatic rings. The van der Waals surface area contributed by atoms with Crippen LogP contribution in [0.5, 0.6) is 11.5 Å². The van der Waals surface area contributed by atoms with Crippen molar-refractivity contribution in [3.05, 3.63) is 99.3 Å². The molecule has 3 heterocycles. The minimum absolute atomic E-state index is 0.0283. The number of rotatable bonds is 6. The highest BCUT2D eigenvalue weighted by atomic mass is 35.5. The quantitative estimate of drug-likeness (QED) is 0.322. The van der Waals surface area contributed by atoms with E-state index in [1.165, 1.54) is 41.4 Å². The number of aryl methyl sites for hydroxylation is 1. The normalized spacial score (nSPS) is 12.9. The molecule has 2 aromatic heterocycles. The Bertz CT molecular complexity index is 1670. The van der Waals surface area contributed by atoms with Crippen molar-refractivity contribution < 1.29 is 23.8 Å². The number of benzene rings is 2. The van der Waals surface area contributed by atoms with E-state index in [4.69, 9.17) is 16.3 Å². The molecule has 5 rings (SSSR count). The Kier molecular flexibility index (Phi) is 7.45. The standard InChI is InChI=1S/C27H22ClFN6O5/c1-15-9-24(37)35(18-4-2-3-16(28)10-18)33-25(15)26(38)31-17-5-6-22(21(29)11-17)40-20-7-8-30-23(12-20)32-27(39)34-13-19(36)14-34/h2-12,19,36H,13-14H2,1H3,(H,31,38)(H,30,32,39). The van der Waals surface area contributed by atoms with E-state index in [0.717, 1.165) is 10.7 Å². The van der Waals surface area contributed by atoms with Crippen LogP contribution in [0.3, 0.4) is 0 Å². The molecule has 0 radical (unpaired) electrons. The zero-order valence-corrected chi connectivity index (χ0v) is 21.7. The lowest BCUT2D eigenvalue weighted by atomic mass is 10.2. The van der Waals surface area contributed by atoms with Crippen molar-refractivity contribution in [3.8, 4) is 17.2 Å². The number of β-amino-alcohol motifs (C(OH)–C–C–N with tert-alkyl or cyclic N) is 1. The van der Waals surface area contributed by atoms with Crippen LogP contribution >= 0.6 is 11.6 Å². The first-order valence-corrected chi connectivity index (χ1v) is 12.4. The number of hydrogen-bond donors (Lipinski definition) is 3. The van der Waals surface area contributed by atoms with Gasteiger partial charge < -0.3 is 20.1 Å². The Morgan fingerprint density at radius 3 is 2.62 bits per heavy atom. The molecule has 0 aliphatic carbocycles. The van der Waals surface area contributed by atoms with Gasteiger partial charge in [0.15, 0.2) is 17.3 Å². The van der Waals surface area contributed by atoms with E-state index in [9.17, 15) is 23.9 Å². The highest BCUT2D eigenvalue weighted by molar-refractivity contribution is 6.30. The smallest absolute Gasteiger partial charge is 0.323 e. The number of carbonyl (C=O) groups is 2. The molecule has 13 heteroatoms. The number of anilines is 2. The summed E-state index contributed by atoms with van der Waals surface area (Å²) in [6.07, 6.45) is 0.855. The molecule has 1 aliphatic rings. The minimum atomic E-state index is -0.761. The summed E-state index contributed by atoms with van der Waals surface area (Å²) in [4.78, 5) is 43.0. The third-order valence-corrected chi connectivity index (χ3v) is 6.16. The molecule has 1 saturated heterocycles. The molecule has 0 spiro atoms. The van der Waals surface area contributed by atoms with Crippen molar-refractivity contribution in [2.24, 2.45) is 0 Å². The predicted octanol–water partition coefficient (Wildman–Crippen LogP) is 3.98. The number of nitrogens with zero attached hydrogens (tertiary/aromatic N) is 4. The van der Waals surface area contributed by atoms with E-state index in [0.29, 0.717) is 16.3 Å². The van der Waals surface area contributed by atoms with E-state index < -0.39 is 29.4 Å². The van der Waals surface area contributed by atoms with E-state index in [1.807, 2.05) is 0 Å². The first-order valence-electron chi connectivity index (χ1n) is 12.0. The van der Waals surface area contributed by atoms with Gasteiger partial charge in [-0.2, -0.15) is 9.78 Å². The van der Waals surface area contributed by atoms with Crippen molar-refractivity contribution in [2.45, 2.75) is 13.0 Å². The maximum absolute atomic E-state index is 14.9. The molecule has 40 heavy (non-hydrogen) atoms. The van der Waals surface area contributed by atoms with Crippen molar-refractivity contribution >= 4 is 35.0 Å². The van der Waals surface area contributed by atoms with Crippen LogP contribution in [0.4, 0.5) is 20.7 Å². The number of hydrogen-bond acceptors (Lipinski definition) is 7. The molecule has 2 aromatic carbocycles. The largest absolute Gasteiger partial charge is 0.454 e. The summed E-state index contributed by atoms with van der Waals surface area (Å²) in [6, 6.07) is 14.1. The summed E-state index contributed by atoms with van der Waals surface area (Å²) < 4.78 is 21.6. The van der Waals surface area contributed by atoms with Crippen LogP contribution in [0.1, 0.15) is 16.1 Å². The lowest BCUT2D eigenvalue weighted by molar-refractivity contribution is 0.0308. The van der Waals surface area contributed by atoms with E-state index >= 15 is 0 Å². The number of nitrogens with one attached hydrogen (secondary N) is 2. The number of aliphatic hydroxyl groups excluding tert-OH is 1. The van der Waals surface area contributed by atoms with Gasteiger partial charge in [0.2, 0.25) is 0 Å². The summed E-state index contributed by atoms with van der Waals surface area (Å²) in [5, 5.41) is 19.1. The Morgan fingerprint density at radius 1 is 1.10 bits per heavy atom. The van der Waals surface area contributed by atoms with E-state index in [1.54, 1.807) is 31.2 Å². The summed E-state index contributed by atoms with van der Waals surface area (Å²) in [6.45, 7) is 2.04. The van der Waals surface area contributed by atoms with Crippen LogP contribution in [0, 0.1) is 12.7 Å². The Labute approximate surface area is 231 Å². The van der Waals surface area contributed by atoms with Gasteiger partial charge in [0, 0.05) is 35.1 Å². The highest BCUT2D eigenvalue weighted by Crippen LogP contribution is 2.28. The number of aliphatic hydroxyl groups is 1. The summed E-state index contributed by atoms with van der Waals surface area (Å²) in [5.74, 6) is -1.13. The number of ether oxygens (including phenoxy) is 1. The van der Waals surface area contributed by atoms with E-state index in [-0.39, 0.29) is 41.8 Å². The van der Waals surface area contributed by atoms with Gasteiger partial charge in [-0.05, 0) is 48.9 Å². The second-order valence-electron chi connectivity index (χ2n) is 8.97. The summed E-state index contributed by atoms with van der Waals surface area (Å²) in [7, 11) is 0. The van der Waals surface area contributed by atoms with Gasteiger partial charge in [-0.15, -0.1) is 0 Å². The number of aromatic nitrogens is 3. The lowest BCUT2D eigenvalue weighted by Crippen LogP contribution is -2.54. The average Bonchev–Trinajstić information content (AvgIpc) is 2.88. The number of amides is 3. The van der Waals surface area contributed by atoms with Crippen LogP contribution in [-0.4, -0.2) is 55.9 Å². The maximum Gasteiger partial charge on any atom is 0.323 e. The van der Waals surface area contributed by atoms with Crippen molar-refractivity contribution in [1.82, 2.24) is 19.7 Å². The van der Waals surface area contributed by atoms with Gasteiger partial charge in [-0.25, -0.2) is 14.2 Å². The van der Waals surface area contributed by atoms with Crippen molar-refractivity contribution in [2.75, 3.05) is 23.7 Å². The molecular formula is C27H22ClFN6O5. The van der Waals surface area contributed by atoms with Gasteiger partial charge in [-0.3, -0.25) is 14.9 Å². The molecule has 0 unspecified atom stereocenters. The van der Waals surface area contributed by atoms with Gasteiger partial charge >= 0.3 is 6.03 Å². The number of carbonyl (C=O) groups excluding carboxylic acids is 2. The predicted molar refractivity (Wildman–Crippen MR) is 145 cm³/mol.